The summed E-state index contributed by atoms with van der Waals surface area (Å²) < 4.78 is 49.5. The summed E-state index contributed by atoms with van der Waals surface area (Å²) in [6, 6.07) is 6.24. The summed E-state index contributed by atoms with van der Waals surface area (Å²) in [5.41, 5.74) is 5.72. The SMILES string of the molecule is Nc1ncc(Br)cc1S(=O)(=O)Nc1ccc(S(N)(=O)=O)cc1. The van der Waals surface area contributed by atoms with Crippen molar-refractivity contribution in [1.29, 1.82) is 0 Å². The van der Waals surface area contributed by atoms with Crippen LogP contribution < -0.4 is 15.6 Å². The van der Waals surface area contributed by atoms with E-state index < -0.39 is 20.0 Å². The summed E-state index contributed by atoms with van der Waals surface area (Å²) in [6.45, 7) is 0. The van der Waals surface area contributed by atoms with Gasteiger partial charge >= 0.3 is 0 Å². The molecule has 2 aromatic rings. The molecule has 1 heterocycles. The Labute approximate surface area is 135 Å². The minimum absolute atomic E-state index is 0.126. The van der Waals surface area contributed by atoms with Crippen molar-refractivity contribution in [3.63, 3.8) is 0 Å². The van der Waals surface area contributed by atoms with Crippen LogP contribution in [0.15, 0.2) is 50.8 Å². The molecule has 0 radical (unpaired) electrons. The summed E-state index contributed by atoms with van der Waals surface area (Å²) in [7, 11) is -7.80. The van der Waals surface area contributed by atoms with Crippen LogP contribution in [0, 0.1) is 0 Å². The summed E-state index contributed by atoms with van der Waals surface area (Å²) in [6.07, 6.45) is 1.37. The first-order chi connectivity index (χ1) is 10.1. The number of nitrogens with zero attached hydrogens (tertiary/aromatic N) is 1. The number of anilines is 2. The number of nitrogen functional groups attached to an aromatic ring is 1. The maximum atomic E-state index is 12.3. The topological polar surface area (TPSA) is 145 Å². The van der Waals surface area contributed by atoms with E-state index in [2.05, 4.69) is 25.6 Å². The fourth-order valence-corrected chi connectivity index (χ4v) is 3.73. The zero-order chi connectivity index (χ0) is 16.5. The average Bonchev–Trinajstić information content (AvgIpc) is 2.40. The Kier molecular flexibility index (Phi) is 4.42. The van der Waals surface area contributed by atoms with Crippen LogP contribution in [0.5, 0.6) is 0 Å². The molecule has 0 saturated carbocycles. The lowest BCUT2D eigenvalue weighted by Crippen LogP contribution is -2.16. The number of halogens is 1. The van der Waals surface area contributed by atoms with Gasteiger partial charge in [0, 0.05) is 16.4 Å². The molecule has 2 rings (SSSR count). The molecule has 0 unspecified atom stereocenters. The van der Waals surface area contributed by atoms with Crippen molar-refractivity contribution in [2.75, 3.05) is 10.5 Å². The summed E-state index contributed by atoms with van der Waals surface area (Å²) >= 11 is 3.11. The van der Waals surface area contributed by atoms with E-state index in [4.69, 9.17) is 10.9 Å². The lowest BCUT2D eigenvalue weighted by atomic mass is 10.3. The van der Waals surface area contributed by atoms with Crippen molar-refractivity contribution in [1.82, 2.24) is 4.98 Å². The Morgan fingerprint density at radius 1 is 1.09 bits per heavy atom. The molecule has 0 bridgehead atoms. The minimum Gasteiger partial charge on any atom is -0.383 e. The predicted octanol–water partition coefficient (Wildman–Crippen LogP) is 0.875. The second-order valence-electron chi connectivity index (χ2n) is 4.21. The first kappa shape index (κ1) is 16.7. The van der Waals surface area contributed by atoms with Crippen LogP contribution in [0.3, 0.4) is 0 Å². The van der Waals surface area contributed by atoms with Crippen molar-refractivity contribution < 1.29 is 16.8 Å². The van der Waals surface area contributed by atoms with Gasteiger partial charge in [0.05, 0.1) is 4.90 Å². The van der Waals surface area contributed by atoms with Gasteiger partial charge in [0.2, 0.25) is 10.0 Å². The molecule has 0 aliphatic carbocycles. The number of nitrogens with one attached hydrogen (secondary N) is 1. The summed E-state index contributed by atoms with van der Waals surface area (Å²) in [4.78, 5) is 3.43. The van der Waals surface area contributed by atoms with Gasteiger partial charge in [0.15, 0.2) is 0 Å². The van der Waals surface area contributed by atoms with Gasteiger partial charge in [-0.05, 0) is 46.3 Å². The van der Waals surface area contributed by atoms with E-state index in [0.717, 1.165) is 0 Å². The lowest BCUT2D eigenvalue weighted by molar-refractivity contribution is 0.597. The van der Waals surface area contributed by atoms with Crippen LogP contribution in [-0.2, 0) is 20.0 Å². The van der Waals surface area contributed by atoms with Crippen molar-refractivity contribution in [3.8, 4) is 0 Å². The lowest BCUT2D eigenvalue weighted by Gasteiger charge is -2.10. The van der Waals surface area contributed by atoms with E-state index in [9.17, 15) is 16.8 Å². The predicted molar refractivity (Wildman–Crippen MR) is 85.0 cm³/mol. The largest absolute Gasteiger partial charge is 0.383 e. The number of aromatic nitrogens is 1. The van der Waals surface area contributed by atoms with Gasteiger partial charge in [-0.1, -0.05) is 0 Å². The normalized spacial score (nSPS) is 12.1. The van der Waals surface area contributed by atoms with E-state index in [1.54, 1.807) is 0 Å². The maximum absolute atomic E-state index is 12.3. The van der Waals surface area contributed by atoms with Crippen LogP contribution in [-0.4, -0.2) is 21.8 Å². The Morgan fingerprint density at radius 3 is 2.23 bits per heavy atom. The van der Waals surface area contributed by atoms with Crippen molar-refractivity contribution >= 4 is 47.5 Å². The van der Waals surface area contributed by atoms with Crippen LogP contribution in [0.1, 0.15) is 0 Å². The Hall–Kier alpha value is -1.69. The highest BCUT2D eigenvalue weighted by molar-refractivity contribution is 9.10. The highest BCUT2D eigenvalue weighted by Gasteiger charge is 2.19. The van der Waals surface area contributed by atoms with Gasteiger partial charge in [-0.2, -0.15) is 0 Å². The van der Waals surface area contributed by atoms with E-state index >= 15 is 0 Å². The molecule has 0 atom stereocenters. The molecular weight excluding hydrogens is 396 g/mol. The van der Waals surface area contributed by atoms with Crippen LogP contribution >= 0.6 is 15.9 Å². The Morgan fingerprint density at radius 2 is 1.68 bits per heavy atom. The molecule has 8 nitrogen and oxygen atoms in total. The van der Waals surface area contributed by atoms with Gasteiger partial charge in [-0.15, -0.1) is 0 Å². The summed E-state index contributed by atoms with van der Waals surface area (Å²) in [5.74, 6) is -0.156. The molecule has 0 fully saturated rings. The Balaban J connectivity index is 2.35. The molecule has 22 heavy (non-hydrogen) atoms. The van der Waals surface area contributed by atoms with E-state index in [-0.39, 0.29) is 21.3 Å². The zero-order valence-corrected chi connectivity index (χ0v) is 14.1. The van der Waals surface area contributed by atoms with E-state index in [1.807, 2.05) is 0 Å². The van der Waals surface area contributed by atoms with E-state index in [1.165, 1.54) is 36.5 Å². The van der Waals surface area contributed by atoms with Gasteiger partial charge in [0.1, 0.15) is 10.7 Å². The van der Waals surface area contributed by atoms with Crippen molar-refractivity contribution in [3.05, 3.63) is 41.0 Å². The molecule has 0 amide bonds. The monoisotopic (exact) mass is 406 g/mol. The second kappa shape index (κ2) is 5.83. The highest BCUT2D eigenvalue weighted by Crippen LogP contribution is 2.23. The maximum Gasteiger partial charge on any atom is 0.265 e. The number of sulfonamides is 2. The van der Waals surface area contributed by atoms with Gasteiger partial charge in [0.25, 0.3) is 10.0 Å². The molecule has 11 heteroatoms. The van der Waals surface area contributed by atoms with Gasteiger partial charge < -0.3 is 5.73 Å². The number of pyridine rings is 1. The standard InChI is InChI=1S/C11H11BrN4O4S2/c12-7-5-10(11(13)15-6-7)22(19,20)16-8-1-3-9(4-2-8)21(14,17)18/h1-6,16H,(H2,13,15)(H2,14,17,18). The Bertz CT molecular complexity index is 912. The minimum atomic E-state index is -3.96. The molecule has 1 aromatic carbocycles. The first-order valence-electron chi connectivity index (χ1n) is 5.66. The third kappa shape index (κ3) is 3.74. The number of hydrogen-bond acceptors (Lipinski definition) is 6. The average molecular weight is 407 g/mol. The fourth-order valence-electron chi connectivity index (χ4n) is 1.57. The molecule has 0 aliphatic heterocycles. The third-order valence-electron chi connectivity index (χ3n) is 2.57. The highest BCUT2D eigenvalue weighted by atomic mass is 79.9. The summed E-state index contributed by atoms with van der Waals surface area (Å²) in [5, 5.41) is 4.97. The van der Waals surface area contributed by atoms with Gasteiger partial charge in [-0.3, -0.25) is 4.72 Å². The molecule has 5 N–H and O–H groups in total. The van der Waals surface area contributed by atoms with Crippen LogP contribution in [0.2, 0.25) is 0 Å². The van der Waals surface area contributed by atoms with E-state index in [0.29, 0.717) is 4.47 Å². The quantitative estimate of drug-likeness (QED) is 0.686. The molecule has 0 spiro atoms. The molecule has 0 saturated heterocycles. The van der Waals surface area contributed by atoms with Crippen LogP contribution in [0.25, 0.3) is 0 Å². The molecule has 0 aliphatic rings. The third-order valence-corrected chi connectivity index (χ3v) is 5.35. The zero-order valence-electron chi connectivity index (χ0n) is 10.9. The first-order valence-corrected chi connectivity index (χ1v) is 9.48. The number of nitrogens with two attached hydrogens (primary N) is 2. The van der Waals surface area contributed by atoms with Gasteiger partial charge in [-0.25, -0.2) is 27.0 Å². The van der Waals surface area contributed by atoms with Crippen LogP contribution in [0.4, 0.5) is 11.5 Å². The number of primary sulfonamides is 1. The second-order valence-corrected chi connectivity index (χ2v) is 8.34. The smallest absolute Gasteiger partial charge is 0.265 e. The van der Waals surface area contributed by atoms with Crippen molar-refractivity contribution in [2.45, 2.75) is 9.79 Å². The molecule has 1 aromatic heterocycles. The number of benzene rings is 1. The fraction of sp³-hybridized carbons (Fsp3) is 0. The number of hydrogen-bond donors (Lipinski definition) is 3. The van der Waals surface area contributed by atoms with Crippen molar-refractivity contribution in [2.24, 2.45) is 5.14 Å². The molecular formula is C11H11BrN4O4S2. The number of rotatable bonds is 4. The molecule has 118 valence electrons.